The third-order valence-corrected chi connectivity index (χ3v) is 5.70. The molecular weight excluding hydrogens is 444 g/mol. The number of phenolic OH excluding ortho intramolecular Hbond substituents is 1. The molecule has 8 N–H and O–H groups in total. The van der Waals surface area contributed by atoms with E-state index in [9.17, 15) is 21.9 Å². The van der Waals surface area contributed by atoms with Crippen LogP contribution in [0.2, 0.25) is 0 Å². The first-order valence-corrected chi connectivity index (χ1v) is 11.3. The predicted molar refractivity (Wildman–Crippen MR) is 107 cm³/mol. The topological polar surface area (TPSA) is 219 Å². The van der Waals surface area contributed by atoms with Gasteiger partial charge in [-0.05, 0) is 12.1 Å². The number of benzene rings is 2. The minimum atomic E-state index is -4.84. The Hall–Kier alpha value is -2.04. The summed E-state index contributed by atoms with van der Waals surface area (Å²) in [5.74, 6) is -0.490. The number of aliphatic hydroxyl groups is 3. The molecule has 0 aliphatic carbocycles. The average Bonchev–Trinajstić information content (AvgIpc) is 2.61. The Kier molecular flexibility index (Phi) is 9.38. The Morgan fingerprint density at radius 2 is 1.30 bits per heavy atom. The van der Waals surface area contributed by atoms with Crippen LogP contribution in [0.3, 0.4) is 0 Å². The van der Waals surface area contributed by atoms with Crippen LogP contribution >= 0.6 is 0 Å². The highest BCUT2D eigenvalue weighted by molar-refractivity contribution is 7.87. The van der Waals surface area contributed by atoms with E-state index < -0.39 is 41.5 Å². The van der Waals surface area contributed by atoms with Crippen LogP contribution in [-0.2, 0) is 20.2 Å². The van der Waals surface area contributed by atoms with E-state index in [0.29, 0.717) is 25.7 Å². The summed E-state index contributed by atoms with van der Waals surface area (Å²) in [4.78, 5) is 0.0874. The molecule has 0 saturated heterocycles. The van der Waals surface area contributed by atoms with Gasteiger partial charge in [0.15, 0.2) is 0 Å². The first kappa shape index (κ1) is 26.0. The minimum absolute atomic E-state index is 0.0694. The molecular formula is C16H24N2O10S2. The molecule has 0 amide bonds. The lowest BCUT2D eigenvalue weighted by Crippen LogP contribution is -2.32. The number of rotatable bonds is 8. The van der Waals surface area contributed by atoms with Crippen molar-refractivity contribution in [3.05, 3.63) is 24.3 Å². The Balaban J connectivity index is 0.000000382. The maximum absolute atomic E-state index is 11.3. The molecule has 2 rings (SSSR count). The van der Waals surface area contributed by atoms with Gasteiger partial charge in [-0.15, -0.1) is 0 Å². The lowest BCUT2D eigenvalue weighted by molar-refractivity contribution is 0.136. The molecule has 30 heavy (non-hydrogen) atoms. The van der Waals surface area contributed by atoms with Crippen molar-refractivity contribution in [3.8, 4) is 5.75 Å². The zero-order valence-corrected chi connectivity index (χ0v) is 17.3. The number of hydrogen-bond acceptors (Lipinski definition) is 10. The van der Waals surface area contributed by atoms with Gasteiger partial charge in [-0.1, -0.05) is 12.1 Å². The van der Waals surface area contributed by atoms with Crippen molar-refractivity contribution in [2.24, 2.45) is 0 Å². The molecule has 0 saturated carbocycles. The largest absolute Gasteiger partial charge is 0.507 e. The van der Waals surface area contributed by atoms with Gasteiger partial charge in [0.1, 0.15) is 15.5 Å². The van der Waals surface area contributed by atoms with Crippen molar-refractivity contribution in [1.82, 2.24) is 4.90 Å². The quantitative estimate of drug-likeness (QED) is 0.181. The molecule has 0 bridgehead atoms. The highest BCUT2D eigenvalue weighted by Crippen LogP contribution is 2.38. The molecule has 0 unspecified atom stereocenters. The van der Waals surface area contributed by atoms with E-state index in [1.165, 1.54) is 12.1 Å². The first-order chi connectivity index (χ1) is 13.9. The lowest BCUT2D eigenvalue weighted by Gasteiger charge is -2.17. The lowest BCUT2D eigenvalue weighted by atomic mass is 10.1. The van der Waals surface area contributed by atoms with Crippen LogP contribution in [0.25, 0.3) is 10.8 Å². The molecule has 0 aromatic heterocycles. The number of fused-ring (bicyclic) bond motifs is 1. The minimum Gasteiger partial charge on any atom is -0.507 e. The second kappa shape index (κ2) is 10.8. The second-order valence-corrected chi connectivity index (χ2v) is 8.73. The monoisotopic (exact) mass is 468 g/mol. The molecule has 2 aromatic carbocycles. The van der Waals surface area contributed by atoms with Crippen molar-refractivity contribution in [1.29, 1.82) is 0 Å². The van der Waals surface area contributed by atoms with Crippen molar-refractivity contribution < 1.29 is 46.4 Å². The van der Waals surface area contributed by atoms with Crippen LogP contribution in [0.4, 0.5) is 5.69 Å². The maximum Gasteiger partial charge on any atom is 0.296 e. The van der Waals surface area contributed by atoms with Crippen LogP contribution in [0.1, 0.15) is 0 Å². The average molecular weight is 469 g/mol. The van der Waals surface area contributed by atoms with Gasteiger partial charge in [0, 0.05) is 30.4 Å². The number of nitrogens with two attached hydrogens (primary N) is 1. The summed E-state index contributed by atoms with van der Waals surface area (Å²) < 4.78 is 63.2. The highest BCUT2D eigenvalue weighted by atomic mass is 32.2. The summed E-state index contributed by atoms with van der Waals surface area (Å²) in [7, 11) is -9.62. The smallest absolute Gasteiger partial charge is 0.296 e. The van der Waals surface area contributed by atoms with Crippen LogP contribution < -0.4 is 5.73 Å². The number of aliphatic hydroxyl groups excluding tert-OH is 3. The van der Waals surface area contributed by atoms with E-state index in [1.807, 2.05) is 0 Å². The number of aromatic hydroxyl groups is 1. The van der Waals surface area contributed by atoms with Gasteiger partial charge in [0.2, 0.25) is 0 Å². The number of hydrogen-bond donors (Lipinski definition) is 7. The summed E-state index contributed by atoms with van der Waals surface area (Å²) in [5, 5.41) is 34.7. The Bertz CT molecular complexity index is 1060. The summed E-state index contributed by atoms with van der Waals surface area (Å²) in [5.41, 5.74) is 5.02. The molecule has 0 radical (unpaired) electrons. The van der Waals surface area contributed by atoms with Gasteiger partial charge in [0.25, 0.3) is 20.2 Å². The van der Waals surface area contributed by atoms with Crippen molar-refractivity contribution >= 4 is 36.7 Å². The Morgan fingerprint density at radius 1 is 0.833 bits per heavy atom. The standard InChI is InChI=1S/C10H9NO7S2.C6H15NO3/c11-10-8(20(16,17)18)4-7(19(13,14)15)5-2-1-3-6(12)9(5)10;8-4-1-7(2-5-9)3-6-10/h1-4,12H,11H2,(H,13,14,15)(H,16,17,18);8-10H,1-6H2. The first-order valence-electron chi connectivity index (χ1n) is 8.42. The van der Waals surface area contributed by atoms with Gasteiger partial charge >= 0.3 is 0 Å². The van der Waals surface area contributed by atoms with Crippen molar-refractivity contribution in [3.63, 3.8) is 0 Å². The fourth-order valence-corrected chi connectivity index (χ4v) is 4.05. The van der Waals surface area contributed by atoms with Crippen LogP contribution in [0.5, 0.6) is 5.75 Å². The fourth-order valence-electron chi connectivity index (χ4n) is 2.61. The molecule has 0 aliphatic heterocycles. The molecule has 2 aromatic rings. The maximum atomic E-state index is 11.3. The molecule has 170 valence electrons. The van der Waals surface area contributed by atoms with Crippen molar-refractivity contribution in [2.45, 2.75) is 9.79 Å². The zero-order valence-electron chi connectivity index (χ0n) is 15.7. The number of phenols is 1. The van der Waals surface area contributed by atoms with Crippen LogP contribution in [0.15, 0.2) is 34.1 Å². The third kappa shape index (κ3) is 6.75. The number of nitrogen functional groups attached to an aromatic ring is 1. The van der Waals surface area contributed by atoms with Gasteiger partial charge < -0.3 is 26.2 Å². The van der Waals surface area contributed by atoms with E-state index in [4.69, 9.17) is 30.2 Å². The van der Waals surface area contributed by atoms with E-state index in [-0.39, 0.29) is 30.6 Å². The predicted octanol–water partition coefficient (Wildman–Crippen LogP) is -1.11. The summed E-state index contributed by atoms with van der Waals surface area (Å²) in [6.45, 7) is 1.75. The van der Waals surface area contributed by atoms with E-state index in [0.717, 1.165) is 6.07 Å². The molecule has 0 aliphatic rings. The van der Waals surface area contributed by atoms with Gasteiger partial charge in [0.05, 0.1) is 25.5 Å². The molecule has 0 heterocycles. The van der Waals surface area contributed by atoms with E-state index in [1.54, 1.807) is 4.90 Å². The second-order valence-electron chi connectivity index (χ2n) is 5.95. The molecule has 0 fully saturated rings. The van der Waals surface area contributed by atoms with Gasteiger partial charge in [-0.25, -0.2) is 0 Å². The SMILES string of the molecule is Nc1c(S(=O)(=O)O)cc(S(=O)(=O)O)c2cccc(O)c12.OCCN(CCO)CCO. The van der Waals surface area contributed by atoms with Gasteiger partial charge in [-0.2, -0.15) is 16.8 Å². The summed E-state index contributed by atoms with van der Waals surface area (Å²) in [6.07, 6.45) is 0. The van der Waals surface area contributed by atoms with Crippen LogP contribution in [-0.4, -0.2) is 90.7 Å². The van der Waals surface area contributed by atoms with Gasteiger partial charge in [-0.3, -0.25) is 14.0 Å². The van der Waals surface area contributed by atoms with E-state index >= 15 is 0 Å². The summed E-state index contributed by atoms with van der Waals surface area (Å²) in [6, 6.07) is 4.20. The van der Waals surface area contributed by atoms with E-state index in [2.05, 4.69) is 0 Å². The van der Waals surface area contributed by atoms with Crippen molar-refractivity contribution in [2.75, 3.05) is 45.2 Å². The number of nitrogens with zero attached hydrogens (tertiary/aromatic N) is 1. The molecule has 0 atom stereocenters. The molecule has 14 heteroatoms. The molecule has 0 spiro atoms. The third-order valence-electron chi connectivity index (χ3n) is 3.91. The van der Waals surface area contributed by atoms with Crippen LogP contribution in [0, 0.1) is 0 Å². The molecule has 12 nitrogen and oxygen atoms in total. The Morgan fingerprint density at radius 3 is 1.70 bits per heavy atom. The fraction of sp³-hybridized carbons (Fsp3) is 0.375. The normalized spacial score (nSPS) is 12.1. The highest BCUT2D eigenvalue weighted by Gasteiger charge is 2.25. The zero-order chi connectivity index (χ0) is 23.1. The Labute approximate surface area is 173 Å². The number of anilines is 1. The summed E-state index contributed by atoms with van der Waals surface area (Å²) >= 11 is 0.